The van der Waals surface area contributed by atoms with Gasteiger partial charge in [0.15, 0.2) is 5.11 Å². The summed E-state index contributed by atoms with van der Waals surface area (Å²) in [6.07, 6.45) is 1.51. The molecule has 7 heteroatoms. The van der Waals surface area contributed by atoms with Gasteiger partial charge in [-0.05, 0) is 67.2 Å². The normalized spacial score (nSPS) is 16.0. The van der Waals surface area contributed by atoms with Crippen LogP contribution in [0, 0.1) is 0 Å². The Morgan fingerprint density at radius 2 is 1.77 bits per heavy atom. The van der Waals surface area contributed by atoms with E-state index in [0.29, 0.717) is 28.6 Å². The van der Waals surface area contributed by atoms with E-state index in [2.05, 4.69) is 5.32 Å². The van der Waals surface area contributed by atoms with Gasteiger partial charge in [-0.3, -0.25) is 19.8 Å². The minimum Gasteiger partial charge on any atom is -0.494 e. The van der Waals surface area contributed by atoms with Crippen molar-refractivity contribution >= 4 is 52.5 Å². The number of anilines is 1. The molecule has 1 fully saturated rings. The Hall–Kier alpha value is -2.70. The molecule has 26 heavy (non-hydrogen) atoms. The van der Waals surface area contributed by atoms with E-state index in [1.165, 1.54) is 11.0 Å². The lowest BCUT2D eigenvalue weighted by atomic mass is 10.1. The topological polar surface area (TPSA) is 58.6 Å². The van der Waals surface area contributed by atoms with Crippen molar-refractivity contribution in [1.29, 1.82) is 0 Å². The molecule has 0 unspecified atom stereocenters. The number of hydrogen-bond donors (Lipinski definition) is 1. The Bertz CT molecular complexity index is 892. The van der Waals surface area contributed by atoms with Crippen LogP contribution >= 0.6 is 23.8 Å². The smallest absolute Gasteiger partial charge is 0.270 e. The van der Waals surface area contributed by atoms with Crippen LogP contribution in [0.5, 0.6) is 5.75 Å². The van der Waals surface area contributed by atoms with Crippen LogP contribution in [0.3, 0.4) is 0 Å². The minimum atomic E-state index is -0.530. The van der Waals surface area contributed by atoms with Crippen LogP contribution in [-0.2, 0) is 9.59 Å². The highest BCUT2D eigenvalue weighted by molar-refractivity contribution is 7.80. The molecule has 2 amide bonds. The highest BCUT2D eigenvalue weighted by Crippen LogP contribution is 2.24. The van der Waals surface area contributed by atoms with Crippen LogP contribution in [0.1, 0.15) is 12.5 Å². The van der Waals surface area contributed by atoms with Crippen molar-refractivity contribution in [3.63, 3.8) is 0 Å². The number of hydrogen-bond acceptors (Lipinski definition) is 4. The molecule has 132 valence electrons. The van der Waals surface area contributed by atoms with E-state index in [0.717, 1.165) is 0 Å². The van der Waals surface area contributed by atoms with Gasteiger partial charge in [0.25, 0.3) is 11.8 Å². The van der Waals surface area contributed by atoms with E-state index >= 15 is 0 Å². The molecule has 2 aromatic carbocycles. The molecule has 0 bridgehead atoms. The molecule has 3 rings (SSSR count). The van der Waals surface area contributed by atoms with E-state index < -0.39 is 11.8 Å². The molecule has 2 aromatic rings. The highest BCUT2D eigenvalue weighted by Gasteiger charge is 2.34. The molecule has 1 aliphatic rings. The Kier molecular flexibility index (Phi) is 5.35. The van der Waals surface area contributed by atoms with Crippen LogP contribution in [0.25, 0.3) is 6.08 Å². The summed E-state index contributed by atoms with van der Waals surface area (Å²) in [5, 5.41) is 3.16. The van der Waals surface area contributed by atoms with Crippen LogP contribution in [0.4, 0.5) is 5.69 Å². The zero-order valence-electron chi connectivity index (χ0n) is 13.9. The second kappa shape index (κ2) is 7.68. The molecule has 1 heterocycles. The van der Waals surface area contributed by atoms with E-state index in [1.54, 1.807) is 48.5 Å². The van der Waals surface area contributed by atoms with Gasteiger partial charge in [-0.1, -0.05) is 23.7 Å². The number of nitrogens with one attached hydrogen (secondary N) is 1. The number of rotatable bonds is 4. The highest BCUT2D eigenvalue weighted by atomic mass is 35.5. The van der Waals surface area contributed by atoms with Crippen LogP contribution < -0.4 is 15.0 Å². The van der Waals surface area contributed by atoms with E-state index in [9.17, 15) is 9.59 Å². The largest absolute Gasteiger partial charge is 0.494 e. The Balaban J connectivity index is 1.93. The van der Waals surface area contributed by atoms with Crippen molar-refractivity contribution in [3.05, 3.63) is 64.7 Å². The monoisotopic (exact) mass is 386 g/mol. The number of nitrogens with zero attached hydrogens (tertiary/aromatic N) is 1. The van der Waals surface area contributed by atoms with Crippen LogP contribution in [-0.4, -0.2) is 23.5 Å². The summed E-state index contributed by atoms with van der Waals surface area (Å²) in [7, 11) is 0. The number of amides is 2. The number of carbonyl (C=O) groups is 2. The second-order valence-electron chi connectivity index (χ2n) is 5.44. The fourth-order valence-corrected chi connectivity index (χ4v) is 2.88. The van der Waals surface area contributed by atoms with Crippen LogP contribution in [0.15, 0.2) is 54.1 Å². The first-order valence-electron chi connectivity index (χ1n) is 7.89. The van der Waals surface area contributed by atoms with Gasteiger partial charge in [0.05, 0.1) is 12.3 Å². The first kappa shape index (κ1) is 18.1. The van der Waals surface area contributed by atoms with Crippen molar-refractivity contribution in [2.75, 3.05) is 11.5 Å². The van der Waals surface area contributed by atoms with Gasteiger partial charge in [0.2, 0.25) is 0 Å². The fourth-order valence-electron chi connectivity index (χ4n) is 2.48. The summed E-state index contributed by atoms with van der Waals surface area (Å²) in [5.74, 6) is -0.331. The van der Waals surface area contributed by atoms with Gasteiger partial charge in [-0.25, -0.2) is 0 Å². The Morgan fingerprint density at radius 3 is 2.38 bits per heavy atom. The molecule has 1 N–H and O–H groups in total. The number of carbonyl (C=O) groups excluding carboxylic acids is 2. The Labute approximate surface area is 161 Å². The van der Waals surface area contributed by atoms with E-state index in [-0.39, 0.29) is 10.7 Å². The van der Waals surface area contributed by atoms with Gasteiger partial charge in [-0.2, -0.15) is 0 Å². The van der Waals surface area contributed by atoms with Crippen LogP contribution in [0.2, 0.25) is 5.02 Å². The van der Waals surface area contributed by atoms with Gasteiger partial charge >= 0.3 is 0 Å². The fraction of sp³-hybridized carbons (Fsp3) is 0.105. The first-order chi connectivity index (χ1) is 12.5. The van der Waals surface area contributed by atoms with E-state index in [4.69, 9.17) is 28.6 Å². The van der Waals surface area contributed by atoms with Crippen molar-refractivity contribution in [1.82, 2.24) is 5.32 Å². The lowest BCUT2D eigenvalue weighted by Crippen LogP contribution is -2.54. The predicted molar refractivity (Wildman–Crippen MR) is 105 cm³/mol. The molecule has 0 radical (unpaired) electrons. The summed E-state index contributed by atoms with van der Waals surface area (Å²) in [6, 6.07) is 13.7. The summed E-state index contributed by atoms with van der Waals surface area (Å²) in [6.45, 7) is 2.44. The Morgan fingerprint density at radius 1 is 1.12 bits per heavy atom. The molecular formula is C19H15ClN2O3S. The average molecular weight is 387 g/mol. The number of benzene rings is 2. The second-order valence-corrected chi connectivity index (χ2v) is 6.26. The molecular weight excluding hydrogens is 372 g/mol. The standard InChI is InChI=1S/C19H15ClN2O3S/c1-2-25-15-9-7-14(8-10-15)22-18(24)16(17(23)21-19(22)26)11-12-3-5-13(20)6-4-12/h3-11H,2H2,1H3,(H,21,23,26). The third-order valence-electron chi connectivity index (χ3n) is 3.69. The van der Waals surface area contributed by atoms with Crippen molar-refractivity contribution in [3.8, 4) is 5.75 Å². The minimum absolute atomic E-state index is 0.00481. The zero-order valence-corrected chi connectivity index (χ0v) is 15.4. The van der Waals surface area contributed by atoms with Crippen molar-refractivity contribution in [2.24, 2.45) is 0 Å². The lowest BCUT2D eigenvalue weighted by molar-refractivity contribution is -0.122. The van der Waals surface area contributed by atoms with Gasteiger partial charge in [0, 0.05) is 5.02 Å². The molecule has 0 aliphatic carbocycles. The quantitative estimate of drug-likeness (QED) is 0.496. The molecule has 0 saturated carbocycles. The maximum absolute atomic E-state index is 12.9. The summed E-state index contributed by atoms with van der Waals surface area (Å²) in [5.41, 5.74) is 1.23. The number of ether oxygens (including phenoxy) is 1. The predicted octanol–water partition coefficient (Wildman–Crippen LogP) is 3.57. The molecule has 0 spiro atoms. The maximum atomic E-state index is 12.9. The molecule has 0 atom stereocenters. The lowest BCUT2D eigenvalue weighted by Gasteiger charge is -2.29. The third-order valence-corrected chi connectivity index (χ3v) is 4.23. The summed E-state index contributed by atoms with van der Waals surface area (Å²) in [4.78, 5) is 26.4. The van der Waals surface area contributed by atoms with Gasteiger partial charge in [0.1, 0.15) is 11.3 Å². The van der Waals surface area contributed by atoms with Crippen molar-refractivity contribution < 1.29 is 14.3 Å². The average Bonchev–Trinajstić information content (AvgIpc) is 2.62. The van der Waals surface area contributed by atoms with Crippen molar-refractivity contribution in [2.45, 2.75) is 6.92 Å². The molecule has 1 saturated heterocycles. The van der Waals surface area contributed by atoms with Gasteiger partial charge < -0.3 is 4.74 Å². The van der Waals surface area contributed by atoms with E-state index in [1.807, 2.05) is 6.92 Å². The molecule has 5 nitrogen and oxygen atoms in total. The summed E-state index contributed by atoms with van der Waals surface area (Å²) >= 11 is 11.0. The number of halogens is 1. The number of thiocarbonyl (C=S) groups is 1. The zero-order chi connectivity index (χ0) is 18.7. The first-order valence-corrected chi connectivity index (χ1v) is 8.68. The third kappa shape index (κ3) is 3.76. The maximum Gasteiger partial charge on any atom is 0.270 e. The van der Waals surface area contributed by atoms with Gasteiger partial charge in [-0.15, -0.1) is 0 Å². The molecule has 1 aliphatic heterocycles. The SMILES string of the molecule is CCOc1ccc(N2C(=O)C(=Cc3ccc(Cl)cc3)C(=O)NC2=S)cc1. The summed E-state index contributed by atoms with van der Waals surface area (Å²) < 4.78 is 5.40. The molecule has 0 aromatic heterocycles.